The molecule has 2 aliphatic heterocycles. The Bertz CT molecular complexity index is 1250. The normalized spacial score (nSPS) is 29.8. The summed E-state index contributed by atoms with van der Waals surface area (Å²) in [5, 5.41) is 23.1. The van der Waals surface area contributed by atoms with Crippen molar-refractivity contribution in [2.75, 3.05) is 86.7 Å². The summed E-state index contributed by atoms with van der Waals surface area (Å²) in [6.45, 7) is 11.0. The molecule has 2 N–H and O–H groups in total. The van der Waals surface area contributed by atoms with E-state index in [4.69, 9.17) is 4.74 Å². The van der Waals surface area contributed by atoms with E-state index >= 15 is 0 Å². The number of hydrogen-bond acceptors (Lipinski definition) is 7. The summed E-state index contributed by atoms with van der Waals surface area (Å²) < 4.78 is 18.5. The molecule has 2 aromatic carbocycles. The summed E-state index contributed by atoms with van der Waals surface area (Å²) >= 11 is 0. The number of rotatable bonds is 9. The molecular formula is C41H65FN4O3. The molecule has 4 unspecified atom stereocenters. The highest BCUT2D eigenvalue weighted by Crippen LogP contribution is 2.38. The molecule has 4 aliphatic rings. The minimum atomic E-state index is -0.655. The third kappa shape index (κ3) is 11.5. The third-order valence-electron chi connectivity index (χ3n) is 12.1. The van der Waals surface area contributed by atoms with E-state index in [9.17, 15) is 14.6 Å². The van der Waals surface area contributed by atoms with Crippen LogP contribution in [0.1, 0.15) is 75.3 Å². The number of halogens is 1. The van der Waals surface area contributed by atoms with Gasteiger partial charge in [-0.15, -0.1) is 0 Å². The lowest BCUT2D eigenvalue weighted by molar-refractivity contribution is -0.0408. The van der Waals surface area contributed by atoms with E-state index in [-0.39, 0.29) is 5.82 Å². The summed E-state index contributed by atoms with van der Waals surface area (Å²) in [5.74, 6) is 1.35. The van der Waals surface area contributed by atoms with Gasteiger partial charge in [-0.25, -0.2) is 4.39 Å². The zero-order chi connectivity index (χ0) is 34.7. The first-order valence-corrected chi connectivity index (χ1v) is 19.3. The van der Waals surface area contributed by atoms with Gasteiger partial charge >= 0.3 is 0 Å². The van der Waals surface area contributed by atoms with Crippen LogP contribution in [0.5, 0.6) is 5.75 Å². The number of aliphatic hydroxyl groups is 2. The van der Waals surface area contributed by atoms with E-state index in [1.165, 1.54) is 43.4 Å². The van der Waals surface area contributed by atoms with Crippen LogP contribution in [0.4, 0.5) is 4.39 Å². The molecule has 0 radical (unpaired) electrons. The molecule has 2 aliphatic carbocycles. The average Bonchev–Trinajstić information content (AvgIpc) is 3.39. The van der Waals surface area contributed by atoms with Crippen molar-refractivity contribution < 1.29 is 19.3 Å². The molecule has 0 bridgehead atoms. The molecule has 4 atom stereocenters. The van der Waals surface area contributed by atoms with E-state index in [1.807, 2.05) is 24.3 Å². The lowest BCUT2D eigenvalue weighted by Gasteiger charge is -2.40. The fourth-order valence-corrected chi connectivity index (χ4v) is 8.71. The highest BCUT2D eigenvalue weighted by Gasteiger charge is 2.40. The van der Waals surface area contributed by atoms with Crippen molar-refractivity contribution in [3.63, 3.8) is 0 Å². The molecule has 2 saturated carbocycles. The number of methoxy groups -OCH3 is 1. The fourth-order valence-electron chi connectivity index (χ4n) is 8.71. The quantitative estimate of drug-likeness (QED) is 0.329. The number of likely N-dealkylation sites (N-methyl/N-ethyl adjacent to an activating group) is 2. The average molecular weight is 681 g/mol. The smallest absolute Gasteiger partial charge is 0.123 e. The van der Waals surface area contributed by atoms with Crippen LogP contribution in [0.15, 0.2) is 48.5 Å². The summed E-state index contributed by atoms with van der Waals surface area (Å²) in [6.07, 6.45) is 12.6. The molecule has 2 saturated heterocycles. The first-order chi connectivity index (χ1) is 23.6. The predicted octanol–water partition coefficient (Wildman–Crippen LogP) is 5.72. The fraction of sp³-hybridized carbons (Fsp3) is 0.707. The van der Waals surface area contributed by atoms with E-state index in [0.29, 0.717) is 18.3 Å². The molecule has 6 rings (SSSR count). The Balaban J connectivity index is 0.000000191. The van der Waals surface area contributed by atoms with E-state index in [2.05, 4.69) is 45.8 Å². The maximum absolute atomic E-state index is 13.2. The van der Waals surface area contributed by atoms with Gasteiger partial charge in [0.1, 0.15) is 11.6 Å². The maximum atomic E-state index is 13.2. The largest absolute Gasteiger partial charge is 0.497 e. The molecule has 2 aromatic rings. The van der Waals surface area contributed by atoms with Gasteiger partial charge in [0, 0.05) is 90.1 Å². The molecule has 0 aromatic heterocycles. The lowest BCUT2D eigenvalue weighted by Crippen LogP contribution is -2.50. The first kappa shape index (κ1) is 38.2. The van der Waals surface area contributed by atoms with Crippen molar-refractivity contribution in [3.8, 4) is 5.75 Å². The Kier molecular flexibility index (Phi) is 14.4. The third-order valence-corrected chi connectivity index (χ3v) is 12.1. The number of piperazine rings is 2. The Morgan fingerprint density at radius 1 is 0.653 bits per heavy atom. The van der Waals surface area contributed by atoms with E-state index < -0.39 is 11.2 Å². The topological polar surface area (TPSA) is 62.7 Å². The van der Waals surface area contributed by atoms with Gasteiger partial charge in [-0.3, -0.25) is 0 Å². The second-order valence-electron chi connectivity index (χ2n) is 15.8. The Labute approximate surface area is 296 Å². The minimum Gasteiger partial charge on any atom is -0.497 e. The van der Waals surface area contributed by atoms with Crippen LogP contribution < -0.4 is 4.74 Å². The van der Waals surface area contributed by atoms with Gasteiger partial charge in [-0.05, 0) is 75.2 Å². The van der Waals surface area contributed by atoms with Gasteiger partial charge in [0.2, 0.25) is 0 Å². The highest BCUT2D eigenvalue weighted by atomic mass is 19.1. The molecular weight excluding hydrogens is 615 g/mol. The molecule has 4 fully saturated rings. The van der Waals surface area contributed by atoms with Crippen LogP contribution in [0.25, 0.3) is 0 Å². The van der Waals surface area contributed by atoms with Crippen molar-refractivity contribution >= 4 is 0 Å². The van der Waals surface area contributed by atoms with Gasteiger partial charge in [0.15, 0.2) is 0 Å². The van der Waals surface area contributed by atoms with E-state index in [0.717, 1.165) is 122 Å². The maximum Gasteiger partial charge on any atom is 0.123 e. The van der Waals surface area contributed by atoms with Crippen LogP contribution >= 0.6 is 0 Å². The SMILES string of the molecule is CN1CCN(CC2CCCCCC2(O)Cc2ccc(F)cc2)CC1.COc1cccc(CC2(O)CCCCCC2CN2CCN(C)CC2)c1. The Morgan fingerprint density at radius 2 is 1.14 bits per heavy atom. The number of benzene rings is 2. The van der Waals surface area contributed by atoms with Crippen molar-refractivity contribution in [1.29, 1.82) is 0 Å². The monoisotopic (exact) mass is 681 g/mol. The van der Waals surface area contributed by atoms with Crippen LogP contribution in [0.3, 0.4) is 0 Å². The summed E-state index contributed by atoms with van der Waals surface area (Å²) in [5.41, 5.74) is 0.987. The molecule has 8 heteroatoms. The zero-order valence-corrected chi connectivity index (χ0v) is 30.8. The number of hydrogen-bond donors (Lipinski definition) is 2. The first-order valence-electron chi connectivity index (χ1n) is 19.3. The lowest BCUT2D eigenvalue weighted by atomic mass is 9.78. The van der Waals surface area contributed by atoms with Crippen LogP contribution in [-0.4, -0.2) is 128 Å². The van der Waals surface area contributed by atoms with Gasteiger partial charge in [-0.1, -0.05) is 62.8 Å². The summed E-state index contributed by atoms with van der Waals surface area (Å²) in [7, 11) is 6.08. The van der Waals surface area contributed by atoms with Gasteiger partial charge in [0.25, 0.3) is 0 Å². The van der Waals surface area contributed by atoms with Gasteiger partial charge in [0.05, 0.1) is 18.3 Å². The second-order valence-corrected chi connectivity index (χ2v) is 15.8. The van der Waals surface area contributed by atoms with Gasteiger partial charge < -0.3 is 34.5 Å². The summed E-state index contributed by atoms with van der Waals surface area (Å²) in [4.78, 5) is 9.85. The minimum absolute atomic E-state index is 0.208. The van der Waals surface area contributed by atoms with Crippen molar-refractivity contribution in [3.05, 3.63) is 65.5 Å². The van der Waals surface area contributed by atoms with Crippen molar-refractivity contribution in [2.45, 2.75) is 88.3 Å². The molecule has 0 amide bonds. The molecule has 7 nitrogen and oxygen atoms in total. The number of ether oxygens (including phenoxy) is 1. The standard InChI is InChI=1S/C21H34N2O2.C20H31FN2O/c1-22-11-13-23(14-12-22)17-19-8-4-3-5-10-21(19,24)16-18-7-6-9-20(15-18)25-2;1-22-11-13-23(14-12-22)16-18-5-3-2-4-10-20(18,24)15-17-6-8-19(21)9-7-17/h6-7,9,15,19,24H,3-5,8,10-14,16-17H2,1-2H3;6-9,18,24H,2-5,10-16H2,1H3. The van der Waals surface area contributed by atoms with Crippen molar-refractivity contribution in [2.24, 2.45) is 11.8 Å². The molecule has 274 valence electrons. The van der Waals surface area contributed by atoms with E-state index in [1.54, 1.807) is 7.11 Å². The van der Waals surface area contributed by atoms with Crippen LogP contribution in [0.2, 0.25) is 0 Å². The number of nitrogens with zero attached hydrogens (tertiary/aromatic N) is 4. The van der Waals surface area contributed by atoms with Crippen LogP contribution in [-0.2, 0) is 12.8 Å². The van der Waals surface area contributed by atoms with Crippen LogP contribution in [0, 0.1) is 17.7 Å². The predicted molar refractivity (Wildman–Crippen MR) is 198 cm³/mol. The zero-order valence-electron chi connectivity index (χ0n) is 30.8. The summed E-state index contributed by atoms with van der Waals surface area (Å²) in [6, 6.07) is 14.9. The Hall–Kier alpha value is -2.07. The molecule has 2 heterocycles. The van der Waals surface area contributed by atoms with Gasteiger partial charge in [-0.2, -0.15) is 0 Å². The molecule has 49 heavy (non-hydrogen) atoms. The molecule has 0 spiro atoms. The second kappa shape index (κ2) is 18.4. The van der Waals surface area contributed by atoms with Crippen molar-refractivity contribution in [1.82, 2.24) is 19.6 Å². The Morgan fingerprint density at radius 3 is 1.63 bits per heavy atom. The highest BCUT2D eigenvalue weighted by molar-refractivity contribution is 5.29.